The van der Waals surface area contributed by atoms with Crippen molar-refractivity contribution in [2.24, 2.45) is 0 Å². The number of likely N-dealkylation sites (tertiary alicyclic amines) is 1. The fourth-order valence-electron chi connectivity index (χ4n) is 1.45. The molecule has 0 aromatic rings. The van der Waals surface area contributed by atoms with Crippen molar-refractivity contribution in [1.29, 1.82) is 0 Å². The summed E-state index contributed by atoms with van der Waals surface area (Å²) in [6.07, 6.45) is 3.92. The van der Waals surface area contributed by atoms with Crippen LogP contribution in [0.2, 0.25) is 0 Å². The van der Waals surface area contributed by atoms with Crippen LogP contribution in [0.1, 0.15) is 12.8 Å². The van der Waals surface area contributed by atoms with Crippen LogP contribution in [0.5, 0.6) is 0 Å². The second-order valence-electron chi connectivity index (χ2n) is 3.46. The van der Waals surface area contributed by atoms with E-state index in [2.05, 4.69) is 18.2 Å². The van der Waals surface area contributed by atoms with Gasteiger partial charge in [-0.3, -0.25) is 0 Å². The fourth-order valence-corrected chi connectivity index (χ4v) is 2.27. The normalized spacial score (nSPS) is 25.4. The molecule has 1 fully saturated rings. The third kappa shape index (κ3) is 2.65. The molecule has 1 saturated heterocycles. The maximum Gasteiger partial charge on any atom is 0.0762 e. The Morgan fingerprint density at radius 3 is 2.45 bits per heavy atom. The average Bonchev–Trinajstić information content (AvgIpc) is 1.97. The molecule has 66 valence electrons. The summed E-state index contributed by atoms with van der Waals surface area (Å²) in [6, 6.07) is 0. The summed E-state index contributed by atoms with van der Waals surface area (Å²) in [5.41, 5.74) is -0.369. The molecule has 0 aliphatic carbocycles. The zero-order valence-electron chi connectivity index (χ0n) is 7.34. The number of thioether (sulfide) groups is 1. The van der Waals surface area contributed by atoms with Gasteiger partial charge in [-0.25, -0.2) is 0 Å². The minimum Gasteiger partial charge on any atom is -0.389 e. The lowest BCUT2D eigenvalue weighted by Crippen LogP contribution is -2.44. The highest BCUT2D eigenvalue weighted by molar-refractivity contribution is 7.98. The molecule has 0 bridgehead atoms. The van der Waals surface area contributed by atoms with Gasteiger partial charge in [0, 0.05) is 18.8 Å². The van der Waals surface area contributed by atoms with Gasteiger partial charge in [0.05, 0.1) is 5.60 Å². The van der Waals surface area contributed by atoms with Crippen LogP contribution in [0, 0.1) is 0 Å². The second kappa shape index (κ2) is 3.78. The van der Waals surface area contributed by atoms with E-state index in [1.54, 1.807) is 11.8 Å². The fraction of sp³-hybridized carbons (Fsp3) is 1.00. The van der Waals surface area contributed by atoms with Crippen molar-refractivity contribution in [2.45, 2.75) is 18.4 Å². The number of hydrogen-bond acceptors (Lipinski definition) is 3. The van der Waals surface area contributed by atoms with E-state index in [1.807, 2.05) is 0 Å². The van der Waals surface area contributed by atoms with Crippen molar-refractivity contribution in [1.82, 2.24) is 4.90 Å². The highest BCUT2D eigenvalue weighted by Gasteiger charge is 2.30. The molecule has 2 nitrogen and oxygen atoms in total. The number of nitrogens with zero attached hydrogens (tertiary/aromatic N) is 1. The Hall–Kier alpha value is 0.270. The number of rotatable bonds is 2. The molecule has 1 heterocycles. The summed E-state index contributed by atoms with van der Waals surface area (Å²) in [7, 11) is 2.11. The molecule has 3 heteroatoms. The Bertz CT molecular complexity index is 121. The van der Waals surface area contributed by atoms with Crippen molar-refractivity contribution in [3.8, 4) is 0 Å². The van der Waals surface area contributed by atoms with Gasteiger partial charge in [-0.15, -0.1) is 0 Å². The standard InChI is InChI=1S/C8H17NOS/c1-9-5-3-8(10,4-6-9)7-11-2/h10H,3-7H2,1-2H3. The van der Waals surface area contributed by atoms with E-state index in [-0.39, 0.29) is 5.60 Å². The van der Waals surface area contributed by atoms with Gasteiger partial charge >= 0.3 is 0 Å². The summed E-state index contributed by atoms with van der Waals surface area (Å²) >= 11 is 1.74. The lowest BCUT2D eigenvalue weighted by molar-refractivity contribution is 0.00533. The maximum absolute atomic E-state index is 9.94. The molecule has 0 spiro atoms. The zero-order chi connectivity index (χ0) is 8.32. The smallest absolute Gasteiger partial charge is 0.0762 e. The molecule has 0 aromatic carbocycles. The van der Waals surface area contributed by atoms with Gasteiger partial charge in [0.2, 0.25) is 0 Å². The summed E-state index contributed by atoms with van der Waals surface area (Å²) in [5, 5.41) is 9.94. The minimum absolute atomic E-state index is 0.369. The predicted molar refractivity (Wildman–Crippen MR) is 50.1 cm³/mol. The van der Waals surface area contributed by atoms with E-state index < -0.39 is 0 Å². The molecule has 1 aliphatic heterocycles. The average molecular weight is 175 g/mol. The summed E-state index contributed by atoms with van der Waals surface area (Å²) in [5.74, 6) is 0.890. The van der Waals surface area contributed by atoms with E-state index in [4.69, 9.17) is 0 Å². The lowest BCUT2D eigenvalue weighted by atomic mass is 9.94. The molecule has 1 N–H and O–H groups in total. The number of hydrogen-bond donors (Lipinski definition) is 1. The zero-order valence-corrected chi connectivity index (χ0v) is 8.15. The van der Waals surface area contributed by atoms with Gasteiger partial charge in [0.1, 0.15) is 0 Å². The molecular formula is C8H17NOS. The third-order valence-electron chi connectivity index (χ3n) is 2.33. The minimum atomic E-state index is -0.369. The van der Waals surface area contributed by atoms with Crippen LogP contribution in [0.25, 0.3) is 0 Å². The van der Waals surface area contributed by atoms with Crippen molar-refractivity contribution in [3.05, 3.63) is 0 Å². The molecule has 0 atom stereocenters. The number of aliphatic hydroxyl groups is 1. The first-order valence-electron chi connectivity index (χ1n) is 4.06. The molecule has 0 amide bonds. The van der Waals surface area contributed by atoms with E-state index in [0.29, 0.717) is 0 Å². The third-order valence-corrected chi connectivity index (χ3v) is 3.16. The summed E-state index contributed by atoms with van der Waals surface area (Å²) < 4.78 is 0. The monoisotopic (exact) mass is 175 g/mol. The number of piperidine rings is 1. The van der Waals surface area contributed by atoms with Crippen LogP contribution in [0.15, 0.2) is 0 Å². The largest absolute Gasteiger partial charge is 0.389 e. The first kappa shape index (κ1) is 9.36. The predicted octanol–water partition coefficient (Wildman–Crippen LogP) is 0.806. The SMILES string of the molecule is CSCC1(O)CCN(C)CC1. The Kier molecular flexibility index (Phi) is 3.22. The van der Waals surface area contributed by atoms with Crippen LogP contribution >= 0.6 is 11.8 Å². The first-order valence-corrected chi connectivity index (χ1v) is 5.45. The van der Waals surface area contributed by atoms with Crippen molar-refractivity contribution in [3.63, 3.8) is 0 Å². The Balaban J connectivity index is 2.35. The van der Waals surface area contributed by atoms with Gasteiger partial charge in [-0.2, -0.15) is 11.8 Å². The highest BCUT2D eigenvalue weighted by Crippen LogP contribution is 2.24. The quantitative estimate of drug-likeness (QED) is 0.672. The summed E-state index contributed by atoms with van der Waals surface area (Å²) in [4.78, 5) is 2.27. The van der Waals surface area contributed by atoms with Gasteiger partial charge < -0.3 is 10.0 Å². The molecule has 0 saturated carbocycles. The molecule has 0 aromatic heterocycles. The molecule has 11 heavy (non-hydrogen) atoms. The Morgan fingerprint density at radius 2 is 2.00 bits per heavy atom. The molecule has 0 radical (unpaired) electrons. The van der Waals surface area contributed by atoms with Crippen LogP contribution in [-0.2, 0) is 0 Å². The van der Waals surface area contributed by atoms with Crippen LogP contribution < -0.4 is 0 Å². The molecule has 0 unspecified atom stereocenters. The van der Waals surface area contributed by atoms with E-state index in [9.17, 15) is 5.11 Å². The Labute approximate surface area is 73.0 Å². The van der Waals surface area contributed by atoms with Crippen molar-refractivity contribution in [2.75, 3.05) is 32.1 Å². The van der Waals surface area contributed by atoms with E-state index in [1.165, 1.54) is 0 Å². The summed E-state index contributed by atoms with van der Waals surface area (Å²) in [6.45, 7) is 2.08. The van der Waals surface area contributed by atoms with E-state index in [0.717, 1.165) is 31.7 Å². The van der Waals surface area contributed by atoms with Crippen LogP contribution in [0.4, 0.5) is 0 Å². The van der Waals surface area contributed by atoms with Crippen LogP contribution in [-0.4, -0.2) is 47.8 Å². The van der Waals surface area contributed by atoms with Crippen molar-refractivity contribution < 1.29 is 5.11 Å². The lowest BCUT2D eigenvalue weighted by Gasteiger charge is -2.36. The second-order valence-corrected chi connectivity index (χ2v) is 4.33. The van der Waals surface area contributed by atoms with Crippen LogP contribution in [0.3, 0.4) is 0 Å². The van der Waals surface area contributed by atoms with E-state index >= 15 is 0 Å². The topological polar surface area (TPSA) is 23.5 Å². The Morgan fingerprint density at radius 1 is 1.45 bits per heavy atom. The maximum atomic E-state index is 9.94. The molecule has 1 rings (SSSR count). The molecular weight excluding hydrogens is 158 g/mol. The van der Waals surface area contributed by atoms with Gasteiger partial charge in [0.25, 0.3) is 0 Å². The highest BCUT2D eigenvalue weighted by atomic mass is 32.2. The van der Waals surface area contributed by atoms with Crippen molar-refractivity contribution >= 4 is 11.8 Å². The van der Waals surface area contributed by atoms with Gasteiger partial charge in [-0.05, 0) is 26.1 Å². The van der Waals surface area contributed by atoms with Gasteiger partial charge in [-0.1, -0.05) is 0 Å². The first-order chi connectivity index (χ1) is 5.16. The van der Waals surface area contributed by atoms with Gasteiger partial charge in [0.15, 0.2) is 0 Å². The molecule has 1 aliphatic rings.